The van der Waals surface area contributed by atoms with Crippen LogP contribution in [0.4, 0.5) is 0 Å². The molecule has 1 aromatic carbocycles. The SMILES string of the molecule is COc1cc(C(C)C)c(OC2C=NC(N)=NC2N)cc1-c1ncc[nH]1. The summed E-state index contributed by atoms with van der Waals surface area (Å²) in [5.41, 5.74) is 13.4. The van der Waals surface area contributed by atoms with E-state index in [1.165, 1.54) is 0 Å². The molecule has 1 aliphatic rings. The Hall–Kier alpha value is -2.87. The van der Waals surface area contributed by atoms with Crippen LogP contribution in [0.5, 0.6) is 11.5 Å². The predicted molar refractivity (Wildman–Crippen MR) is 97.2 cm³/mol. The number of hydrogen-bond donors (Lipinski definition) is 3. The van der Waals surface area contributed by atoms with Crippen molar-refractivity contribution in [1.29, 1.82) is 0 Å². The standard InChI is InChI=1S/C17H22N6O2/c1-9(2)10-6-12(24-3)11(16-20-4-5-21-16)7-13(10)25-14-8-22-17(19)23-15(14)18/h4-9,14-15H,18H2,1-3H3,(H2,19,23)(H,20,21). The summed E-state index contributed by atoms with van der Waals surface area (Å²) in [7, 11) is 1.63. The van der Waals surface area contributed by atoms with E-state index in [0.717, 1.165) is 16.9 Å². The molecule has 8 heteroatoms. The van der Waals surface area contributed by atoms with Crippen LogP contribution in [0.2, 0.25) is 0 Å². The fourth-order valence-corrected chi connectivity index (χ4v) is 2.64. The maximum atomic E-state index is 6.11. The first-order valence-corrected chi connectivity index (χ1v) is 8.01. The molecule has 0 aliphatic carbocycles. The van der Waals surface area contributed by atoms with Crippen molar-refractivity contribution in [1.82, 2.24) is 9.97 Å². The molecule has 2 aromatic rings. The Kier molecular flexibility index (Phi) is 4.71. The molecule has 0 amide bonds. The van der Waals surface area contributed by atoms with Gasteiger partial charge in [0.2, 0.25) is 5.96 Å². The molecule has 1 aliphatic heterocycles. The molecule has 0 radical (unpaired) electrons. The summed E-state index contributed by atoms with van der Waals surface area (Å²) in [6.45, 7) is 4.17. The maximum absolute atomic E-state index is 6.11. The molecule has 0 bridgehead atoms. The van der Waals surface area contributed by atoms with Crippen LogP contribution in [0, 0.1) is 0 Å². The monoisotopic (exact) mass is 342 g/mol. The molecule has 8 nitrogen and oxygen atoms in total. The molecule has 5 N–H and O–H groups in total. The molecular formula is C17H22N6O2. The van der Waals surface area contributed by atoms with Crippen LogP contribution in [0.25, 0.3) is 11.4 Å². The van der Waals surface area contributed by atoms with Crippen molar-refractivity contribution in [2.24, 2.45) is 21.5 Å². The zero-order chi connectivity index (χ0) is 18.0. The lowest BCUT2D eigenvalue weighted by atomic mass is 9.99. The van der Waals surface area contributed by atoms with E-state index in [-0.39, 0.29) is 11.9 Å². The molecule has 0 spiro atoms. The Morgan fingerprint density at radius 2 is 2.04 bits per heavy atom. The number of nitrogens with one attached hydrogen (secondary N) is 1. The van der Waals surface area contributed by atoms with Gasteiger partial charge in [0.05, 0.1) is 18.9 Å². The highest BCUT2D eigenvalue weighted by atomic mass is 16.5. The maximum Gasteiger partial charge on any atom is 0.216 e. The number of nitrogens with two attached hydrogens (primary N) is 2. The second-order valence-corrected chi connectivity index (χ2v) is 6.02. The molecule has 0 saturated carbocycles. The summed E-state index contributed by atoms with van der Waals surface area (Å²) in [5, 5.41) is 0. The number of ether oxygens (including phenoxy) is 2. The first kappa shape index (κ1) is 17.0. The molecular weight excluding hydrogens is 320 g/mol. The molecule has 3 rings (SSSR count). The van der Waals surface area contributed by atoms with Crippen LogP contribution < -0.4 is 20.9 Å². The molecule has 2 atom stereocenters. The van der Waals surface area contributed by atoms with Crippen LogP contribution >= 0.6 is 0 Å². The number of imidazole rings is 1. The Bertz CT molecular complexity index is 798. The summed E-state index contributed by atoms with van der Waals surface area (Å²) in [6, 6.07) is 3.86. The number of hydrogen-bond acceptors (Lipinski definition) is 7. The summed E-state index contributed by atoms with van der Waals surface area (Å²) in [4.78, 5) is 15.4. The first-order chi connectivity index (χ1) is 12.0. The van der Waals surface area contributed by atoms with Gasteiger partial charge in [-0.15, -0.1) is 0 Å². The fourth-order valence-electron chi connectivity index (χ4n) is 2.64. The largest absolute Gasteiger partial charge is 0.496 e. The van der Waals surface area contributed by atoms with Gasteiger partial charge in [0.1, 0.15) is 23.5 Å². The van der Waals surface area contributed by atoms with Crippen molar-refractivity contribution in [3.8, 4) is 22.9 Å². The third-order valence-electron chi connectivity index (χ3n) is 3.94. The lowest BCUT2D eigenvalue weighted by Gasteiger charge is -2.24. The van der Waals surface area contributed by atoms with Gasteiger partial charge in [-0.2, -0.15) is 0 Å². The number of aliphatic imine (C=N–C) groups is 2. The van der Waals surface area contributed by atoms with Crippen molar-refractivity contribution in [2.45, 2.75) is 32.0 Å². The Morgan fingerprint density at radius 3 is 2.64 bits per heavy atom. The number of guanidine groups is 1. The van der Waals surface area contributed by atoms with E-state index < -0.39 is 12.3 Å². The molecule has 2 unspecified atom stereocenters. The topological polar surface area (TPSA) is 124 Å². The van der Waals surface area contributed by atoms with Crippen LogP contribution in [0.15, 0.2) is 34.5 Å². The van der Waals surface area contributed by atoms with E-state index in [1.807, 2.05) is 12.1 Å². The molecule has 0 fully saturated rings. The van der Waals surface area contributed by atoms with E-state index in [1.54, 1.807) is 25.7 Å². The number of methoxy groups -OCH3 is 1. The zero-order valence-electron chi connectivity index (χ0n) is 14.4. The Balaban J connectivity index is 2.02. The number of benzene rings is 1. The summed E-state index contributed by atoms with van der Waals surface area (Å²) in [5.74, 6) is 2.47. The minimum atomic E-state index is -0.605. The lowest BCUT2D eigenvalue weighted by molar-refractivity contribution is 0.237. The van der Waals surface area contributed by atoms with Crippen LogP contribution in [-0.2, 0) is 0 Å². The van der Waals surface area contributed by atoms with E-state index in [0.29, 0.717) is 11.6 Å². The minimum absolute atomic E-state index is 0.155. The van der Waals surface area contributed by atoms with E-state index in [9.17, 15) is 0 Å². The van der Waals surface area contributed by atoms with Gasteiger partial charge in [0.25, 0.3) is 0 Å². The van der Waals surface area contributed by atoms with Crippen molar-refractivity contribution in [3.63, 3.8) is 0 Å². The van der Waals surface area contributed by atoms with Crippen LogP contribution in [0.1, 0.15) is 25.3 Å². The molecule has 1 aromatic heterocycles. The van der Waals surface area contributed by atoms with E-state index in [2.05, 4.69) is 33.8 Å². The van der Waals surface area contributed by atoms with Gasteiger partial charge in [-0.3, -0.25) is 0 Å². The number of H-pyrrole nitrogens is 1. The van der Waals surface area contributed by atoms with Crippen LogP contribution in [-0.4, -0.2) is 41.5 Å². The van der Waals surface area contributed by atoms with Gasteiger partial charge in [0.15, 0.2) is 6.10 Å². The lowest BCUT2D eigenvalue weighted by Crippen LogP contribution is -2.43. The Labute approximate surface area is 146 Å². The normalized spacial score (nSPS) is 19.8. The van der Waals surface area contributed by atoms with Gasteiger partial charge in [-0.05, 0) is 18.1 Å². The highest BCUT2D eigenvalue weighted by Crippen LogP contribution is 2.38. The number of rotatable bonds is 5. The number of nitrogens with zero attached hydrogens (tertiary/aromatic N) is 3. The van der Waals surface area contributed by atoms with Crippen molar-refractivity contribution in [2.75, 3.05) is 7.11 Å². The summed E-state index contributed by atoms with van der Waals surface area (Å²) < 4.78 is 11.6. The van der Waals surface area contributed by atoms with Gasteiger partial charge in [0, 0.05) is 18.0 Å². The zero-order valence-corrected chi connectivity index (χ0v) is 14.4. The quantitative estimate of drug-likeness (QED) is 0.762. The van der Waals surface area contributed by atoms with Gasteiger partial charge in [-0.25, -0.2) is 15.0 Å². The van der Waals surface area contributed by atoms with Crippen molar-refractivity contribution in [3.05, 3.63) is 30.1 Å². The predicted octanol–water partition coefficient (Wildman–Crippen LogP) is 1.64. The molecule has 0 saturated heterocycles. The Morgan fingerprint density at radius 1 is 1.24 bits per heavy atom. The highest BCUT2D eigenvalue weighted by molar-refractivity contribution is 5.90. The summed E-state index contributed by atoms with van der Waals surface area (Å²) in [6.07, 6.45) is 3.92. The second-order valence-electron chi connectivity index (χ2n) is 6.02. The number of aromatic amines is 1. The molecule has 132 valence electrons. The molecule has 2 heterocycles. The van der Waals surface area contributed by atoms with Gasteiger partial charge in [-0.1, -0.05) is 13.8 Å². The van der Waals surface area contributed by atoms with Crippen molar-refractivity contribution < 1.29 is 9.47 Å². The first-order valence-electron chi connectivity index (χ1n) is 8.01. The minimum Gasteiger partial charge on any atom is -0.496 e. The number of aromatic nitrogens is 2. The highest BCUT2D eigenvalue weighted by Gasteiger charge is 2.24. The average Bonchev–Trinajstić information content (AvgIpc) is 3.11. The van der Waals surface area contributed by atoms with Crippen LogP contribution in [0.3, 0.4) is 0 Å². The van der Waals surface area contributed by atoms with Crippen molar-refractivity contribution >= 4 is 12.2 Å². The van der Waals surface area contributed by atoms with E-state index >= 15 is 0 Å². The third kappa shape index (κ3) is 3.48. The molecule has 25 heavy (non-hydrogen) atoms. The second kappa shape index (κ2) is 6.94. The average molecular weight is 342 g/mol. The van der Waals surface area contributed by atoms with Gasteiger partial charge >= 0.3 is 0 Å². The fraction of sp³-hybridized carbons (Fsp3) is 0.353. The smallest absolute Gasteiger partial charge is 0.216 e. The third-order valence-corrected chi connectivity index (χ3v) is 3.94. The summed E-state index contributed by atoms with van der Waals surface area (Å²) >= 11 is 0. The van der Waals surface area contributed by atoms with E-state index in [4.69, 9.17) is 20.9 Å². The van der Waals surface area contributed by atoms with Gasteiger partial charge < -0.3 is 25.9 Å².